The smallest absolute Gasteiger partial charge is 0.105 e. The van der Waals surface area contributed by atoms with Crippen molar-refractivity contribution < 1.29 is 9.52 Å². The molecular weight excluding hydrogens is 240 g/mol. The maximum atomic E-state index is 9.71. The summed E-state index contributed by atoms with van der Waals surface area (Å²) >= 11 is 0. The van der Waals surface area contributed by atoms with Crippen LogP contribution in [0, 0.1) is 6.92 Å². The first-order valence-corrected chi connectivity index (χ1v) is 6.50. The summed E-state index contributed by atoms with van der Waals surface area (Å²) in [7, 11) is 2.01. The first kappa shape index (κ1) is 13.6. The molecule has 4 nitrogen and oxygen atoms in total. The van der Waals surface area contributed by atoms with Gasteiger partial charge in [0, 0.05) is 19.2 Å². The van der Waals surface area contributed by atoms with Crippen molar-refractivity contribution >= 4 is 5.69 Å². The second kappa shape index (κ2) is 5.89. The minimum absolute atomic E-state index is 0.476. The standard InChI is InChI=1S/C15H20N2O2/c1-4-15(18)14-6-5-13(9-16-14)17(3)10-12-7-8-19-11(12)2/h5-9,15,18H,4,10H2,1-3H3. The number of aliphatic hydroxyl groups excluding tert-OH is 1. The summed E-state index contributed by atoms with van der Waals surface area (Å²) in [6.07, 6.45) is 3.70. The zero-order valence-corrected chi connectivity index (χ0v) is 11.6. The number of nitrogens with zero attached hydrogens (tertiary/aromatic N) is 2. The maximum absolute atomic E-state index is 9.71. The van der Waals surface area contributed by atoms with Crippen LogP contribution in [0.5, 0.6) is 0 Å². The molecule has 0 saturated heterocycles. The van der Waals surface area contributed by atoms with E-state index in [9.17, 15) is 5.11 Å². The van der Waals surface area contributed by atoms with Gasteiger partial charge < -0.3 is 14.4 Å². The molecule has 0 aliphatic rings. The van der Waals surface area contributed by atoms with E-state index in [4.69, 9.17) is 4.42 Å². The molecule has 1 unspecified atom stereocenters. The normalized spacial score (nSPS) is 12.4. The van der Waals surface area contributed by atoms with Gasteiger partial charge in [0.05, 0.1) is 29.9 Å². The van der Waals surface area contributed by atoms with Gasteiger partial charge in [0.15, 0.2) is 0 Å². The molecule has 1 atom stereocenters. The van der Waals surface area contributed by atoms with Crippen molar-refractivity contribution in [2.24, 2.45) is 0 Å². The predicted octanol–water partition coefficient (Wildman–Crippen LogP) is 3.06. The minimum atomic E-state index is -0.476. The van der Waals surface area contributed by atoms with Gasteiger partial charge in [-0.1, -0.05) is 6.92 Å². The van der Waals surface area contributed by atoms with Crippen LogP contribution >= 0.6 is 0 Å². The topological polar surface area (TPSA) is 49.5 Å². The van der Waals surface area contributed by atoms with Crippen LogP contribution in [0.4, 0.5) is 5.69 Å². The number of hydrogen-bond acceptors (Lipinski definition) is 4. The van der Waals surface area contributed by atoms with Crippen molar-refractivity contribution in [3.8, 4) is 0 Å². The second-order valence-electron chi connectivity index (χ2n) is 4.72. The summed E-state index contributed by atoms with van der Waals surface area (Å²) in [5, 5.41) is 9.71. The van der Waals surface area contributed by atoms with Gasteiger partial charge >= 0.3 is 0 Å². The van der Waals surface area contributed by atoms with E-state index in [1.165, 1.54) is 5.56 Å². The molecule has 0 aliphatic carbocycles. The summed E-state index contributed by atoms with van der Waals surface area (Å²) in [4.78, 5) is 6.41. The average molecular weight is 260 g/mol. The second-order valence-corrected chi connectivity index (χ2v) is 4.72. The van der Waals surface area contributed by atoms with E-state index in [1.54, 1.807) is 12.5 Å². The van der Waals surface area contributed by atoms with Crippen molar-refractivity contribution in [3.63, 3.8) is 0 Å². The fourth-order valence-corrected chi connectivity index (χ4v) is 1.95. The lowest BCUT2D eigenvalue weighted by molar-refractivity contribution is 0.169. The SMILES string of the molecule is CCC(O)c1ccc(N(C)Cc2ccoc2C)cn1. The third-order valence-corrected chi connectivity index (χ3v) is 3.31. The third-order valence-electron chi connectivity index (χ3n) is 3.31. The Kier molecular flexibility index (Phi) is 4.22. The van der Waals surface area contributed by atoms with Gasteiger partial charge in [-0.15, -0.1) is 0 Å². The highest BCUT2D eigenvalue weighted by molar-refractivity contribution is 5.44. The predicted molar refractivity (Wildman–Crippen MR) is 75.0 cm³/mol. The molecule has 2 aromatic rings. The van der Waals surface area contributed by atoms with E-state index >= 15 is 0 Å². The molecule has 2 heterocycles. The van der Waals surface area contributed by atoms with E-state index in [0.29, 0.717) is 6.42 Å². The summed E-state index contributed by atoms with van der Waals surface area (Å²) < 4.78 is 5.29. The van der Waals surface area contributed by atoms with Crippen LogP contribution in [-0.4, -0.2) is 17.1 Å². The molecule has 0 bridgehead atoms. The van der Waals surface area contributed by atoms with Crippen LogP contribution < -0.4 is 4.90 Å². The fraction of sp³-hybridized carbons (Fsp3) is 0.400. The molecule has 0 fully saturated rings. The number of hydrogen-bond donors (Lipinski definition) is 1. The zero-order valence-electron chi connectivity index (χ0n) is 11.6. The first-order chi connectivity index (χ1) is 9.11. The van der Waals surface area contributed by atoms with Crippen molar-refractivity contribution in [2.75, 3.05) is 11.9 Å². The number of aliphatic hydroxyl groups is 1. The largest absolute Gasteiger partial charge is 0.469 e. The van der Waals surface area contributed by atoms with E-state index in [-0.39, 0.29) is 0 Å². The van der Waals surface area contributed by atoms with Crippen LogP contribution in [0.3, 0.4) is 0 Å². The number of furan rings is 1. The quantitative estimate of drug-likeness (QED) is 0.897. The minimum Gasteiger partial charge on any atom is -0.469 e. The Morgan fingerprint density at radius 1 is 1.37 bits per heavy atom. The van der Waals surface area contributed by atoms with Crippen LogP contribution in [-0.2, 0) is 6.54 Å². The van der Waals surface area contributed by atoms with Crippen LogP contribution in [0.2, 0.25) is 0 Å². The zero-order chi connectivity index (χ0) is 13.8. The first-order valence-electron chi connectivity index (χ1n) is 6.50. The summed E-state index contributed by atoms with van der Waals surface area (Å²) in [6, 6.07) is 5.84. The molecule has 4 heteroatoms. The molecular formula is C15H20N2O2. The Labute approximate surface area is 113 Å². The molecule has 0 radical (unpaired) electrons. The highest BCUT2D eigenvalue weighted by atomic mass is 16.3. The third kappa shape index (κ3) is 3.15. The van der Waals surface area contributed by atoms with Gasteiger partial charge in [0.2, 0.25) is 0 Å². The summed E-state index contributed by atoms with van der Waals surface area (Å²) in [6.45, 7) is 4.68. The molecule has 0 saturated carbocycles. The van der Waals surface area contributed by atoms with E-state index < -0.39 is 6.10 Å². The number of aryl methyl sites for hydroxylation is 1. The Hall–Kier alpha value is -1.81. The number of pyridine rings is 1. The van der Waals surface area contributed by atoms with E-state index in [1.807, 2.05) is 39.1 Å². The molecule has 0 aromatic carbocycles. The number of aromatic nitrogens is 1. The molecule has 2 aromatic heterocycles. The summed E-state index contributed by atoms with van der Waals surface area (Å²) in [5.74, 6) is 0.942. The van der Waals surface area contributed by atoms with Crippen LogP contribution in [0.15, 0.2) is 35.1 Å². The molecule has 1 N–H and O–H groups in total. The molecule has 0 amide bonds. The molecule has 102 valence electrons. The lowest BCUT2D eigenvalue weighted by Gasteiger charge is -2.19. The number of rotatable bonds is 5. The van der Waals surface area contributed by atoms with Crippen LogP contribution in [0.1, 0.15) is 36.5 Å². The van der Waals surface area contributed by atoms with E-state index in [2.05, 4.69) is 9.88 Å². The fourth-order valence-electron chi connectivity index (χ4n) is 1.95. The van der Waals surface area contributed by atoms with Gasteiger partial charge in [0.1, 0.15) is 5.76 Å². The highest BCUT2D eigenvalue weighted by Crippen LogP contribution is 2.20. The molecule has 2 rings (SSSR count). The highest BCUT2D eigenvalue weighted by Gasteiger charge is 2.09. The van der Waals surface area contributed by atoms with Gasteiger partial charge in [-0.3, -0.25) is 4.98 Å². The average Bonchev–Trinajstić information content (AvgIpc) is 2.83. The Bertz CT molecular complexity index is 519. The van der Waals surface area contributed by atoms with Crippen molar-refractivity contribution in [1.82, 2.24) is 4.98 Å². The van der Waals surface area contributed by atoms with Gasteiger partial charge in [-0.2, -0.15) is 0 Å². The van der Waals surface area contributed by atoms with Crippen molar-refractivity contribution in [3.05, 3.63) is 47.7 Å². The Morgan fingerprint density at radius 2 is 2.16 bits per heavy atom. The monoisotopic (exact) mass is 260 g/mol. The Balaban J connectivity index is 2.07. The van der Waals surface area contributed by atoms with Crippen molar-refractivity contribution in [1.29, 1.82) is 0 Å². The van der Waals surface area contributed by atoms with Crippen LogP contribution in [0.25, 0.3) is 0 Å². The summed E-state index contributed by atoms with van der Waals surface area (Å²) in [5.41, 5.74) is 2.91. The van der Waals surface area contributed by atoms with Gasteiger partial charge in [-0.25, -0.2) is 0 Å². The van der Waals surface area contributed by atoms with Gasteiger partial charge in [-0.05, 0) is 31.5 Å². The molecule has 0 aliphatic heterocycles. The lowest BCUT2D eigenvalue weighted by atomic mass is 10.2. The Morgan fingerprint density at radius 3 is 2.68 bits per heavy atom. The molecule has 0 spiro atoms. The number of anilines is 1. The maximum Gasteiger partial charge on any atom is 0.105 e. The van der Waals surface area contributed by atoms with E-state index in [0.717, 1.165) is 23.7 Å². The molecule has 19 heavy (non-hydrogen) atoms. The van der Waals surface area contributed by atoms with Crippen molar-refractivity contribution in [2.45, 2.75) is 32.9 Å². The van der Waals surface area contributed by atoms with Gasteiger partial charge in [0.25, 0.3) is 0 Å². The lowest BCUT2D eigenvalue weighted by Crippen LogP contribution is -2.17.